The molecule has 2 heterocycles. The zero-order valence-electron chi connectivity index (χ0n) is 21.3. The van der Waals surface area contributed by atoms with Crippen molar-refractivity contribution in [3.05, 3.63) is 48.0 Å². The lowest BCUT2D eigenvalue weighted by Crippen LogP contribution is -2.73. The van der Waals surface area contributed by atoms with E-state index in [1.807, 2.05) is 4.90 Å². The van der Waals surface area contributed by atoms with E-state index in [9.17, 15) is 9.59 Å². The SMILES string of the molecule is CCCCN1C(=O)C(CC2CCCCC2)NC(=O)C12CCN(Cc1ccc3ccccc3c1)CC2. The summed E-state index contributed by atoms with van der Waals surface area (Å²) in [7, 11) is 0. The van der Waals surface area contributed by atoms with E-state index < -0.39 is 5.54 Å². The summed E-state index contributed by atoms with van der Waals surface area (Å²) in [6.07, 6.45) is 10.5. The molecule has 5 nitrogen and oxygen atoms in total. The smallest absolute Gasteiger partial charge is 0.246 e. The number of nitrogens with zero attached hydrogens (tertiary/aromatic N) is 2. The molecule has 0 radical (unpaired) electrons. The van der Waals surface area contributed by atoms with Gasteiger partial charge in [-0.2, -0.15) is 0 Å². The van der Waals surface area contributed by atoms with Gasteiger partial charge >= 0.3 is 0 Å². The van der Waals surface area contributed by atoms with Gasteiger partial charge in [0.15, 0.2) is 0 Å². The fourth-order valence-corrected chi connectivity index (χ4v) is 6.61. The van der Waals surface area contributed by atoms with E-state index in [2.05, 4.69) is 59.6 Å². The molecule has 1 N–H and O–H groups in total. The number of piperidine rings is 1. The molecule has 3 aliphatic rings. The third-order valence-electron chi connectivity index (χ3n) is 8.74. The first-order chi connectivity index (χ1) is 17.1. The zero-order valence-corrected chi connectivity index (χ0v) is 21.3. The number of piperazine rings is 1. The van der Waals surface area contributed by atoms with Crippen molar-refractivity contribution in [3.63, 3.8) is 0 Å². The van der Waals surface area contributed by atoms with E-state index in [1.165, 1.54) is 48.4 Å². The lowest BCUT2D eigenvalue weighted by atomic mass is 9.79. The van der Waals surface area contributed by atoms with Crippen molar-refractivity contribution < 1.29 is 9.59 Å². The van der Waals surface area contributed by atoms with Crippen molar-refractivity contribution in [1.29, 1.82) is 0 Å². The molecule has 1 saturated carbocycles. The first-order valence-corrected chi connectivity index (χ1v) is 13.9. The number of unbranched alkanes of at least 4 members (excludes halogenated alkanes) is 1. The Labute approximate surface area is 210 Å². The maximum Gasteiger partial charge on any atom is 0.246 e. The monoisotopic (exact) mass is 475 g/mol. The molecule has 2 amide bonds. The molecule has 188 valence electrons. The summed E-state index contributed by atoms with van der Waals surface area (Å²) >= 11 is 0. The molecule has 2 aromatic carbocycles. The molecule has 2 aliphatic heterocycles. The molecule has 2 saturated heterocycles. The van der Waals surface area contributed by atoms with Gasteiger partial charge in [-0.1, -0.05) is 81.8 Å². The van der Waals surface area contributed by atoms with Crippen LogP contribution in [-0.4, -0.2) is 52.8 Å². The average Bonchev–Trinajstić information content (AvgIpc) is 2.89. The maximum atomic E-state index is 13.7. The summed E-state index contributed by atoms with van der Waals surface area (Å²) in [5.74, 6) is 0.842. The number of hydrogen-bond donors (Lipinski definition) is 1. The van der Waals surface area contributed by atoms with E-state index in [0.717, 1.165) is 51.7 Å². The normalized spacial score (nSPS) is 23.7. The standard InChI is InChI=1S/C30H41N3O2/c1-2-3-17-33-28(34)27(21-23-9-5-4-6-10-23)31-29(35)30(33)15-18-32(19-16-30)22-24-13-14-25-11-7-8-12-26(25)20-24/h7-8,11-14,20,23,27H,2-6,9-10,15-19,21-22H2,1H3,(H,31,35). The second-order valence-corrected chi connectivity index (χ2v) is 11.1. The molecule has 5 heteroatoms. The molecule has 0 aromatic heterocycles. The van der Waals surface area contributed by atoms with Crippen molar-refractivity contribution in [1.82, 2.24) is 15.1 Å². The van der Waals surface area contributed by atoms with E-state index in [0.29, 0.717) is 12.5 Å². The fraction of sp³-hybridized carbons (Fsp3) is 0.600. The van der Waals surface area contributed by atoms with E-state index >= 15 is 0 Å². The molecule has 3 fully saturated rings. The Kier molecular flexibility index (Phi) is 7.43. The average molecular weight is 476 g/mol. The highest BCUT2D eigenvalue weighted by atomic mass is 16.2. The number of likely N-dealkylation sites (tertiary alicyclic amines) is 1. The van der Waals surface area contributed by atoms with Gasteiger partial charge < -0.3 is 10.2 Å². The predicted molar refractivity (Wildman–Crippen MR) is 141 cm³/mol. The van der Waals surface area contributed by atoms with E-state index in [4.69, 9.17) is 0 Å². The summed E-state index contributed by atoms with van der Waals surface area (Å²) in [4.78, 5) is 31.8. The van der Waals surface area contributed by atoms with Crippen molar-refractivity contribution in [2.24, 2.45) is 5.92 Å². The molecule has 1 unspecified atom stereocenters. The van der Waals surface area contributed by atoms with Gasteiger partial charge in [0.25, 0.3) is 0 Å². The summed E-state index contributed by atoms with van der Waals surface area (Å²) in [5.41, 5.74) is 0.633. The van der Waals surface area contributed by atoms with Gasteiger partial charge in [0.2, 0.25) is 11.8 Å². The third kappa shape index (κ3) is 5.11. The lowest BCUT2D eigenvalue weighted by Gasteiger charge is -2.52. The van der Waals surface area contributed by atoms with Gasteiger partial charge in [-0.15, -0.1) is 0 Å². The highest BCUT2D eigenvalue weighted by Crippen LogP contribution is 2.36. The highest BCUT2D eigenvalue weighted by Gasteiger charge is 2.53. The molecule has 1 spiro atoms. The van der Waals surface area contributed by atoms with Crippen LogP contribution in [0.15, 0.2) is 42.5 Å². The Morgan fingerprint density at radius 2 is 1.71 bits per heavy atom. The first kappa shape index (κ1) is 24.3. The molecule has 1 aliphatic carbocycles. The van der Waals surface area contributed by atoms with Gasteiger partial charge in [-0.3, -0.25) is 14.5 Å². The summed E-state index contributed by atoms with van der Waals surface area (Å²) in [6, 6.07) is 14.8. The number of fused-ring (bicyclic) bond motifs is 1. The van der Waals surface area contributed by atoms with Crippen LogP contribution in [0.25, 0.3) is 10.8 Å². The molecular weight excluding hydrogens is 434 g/mol. The van der Waals surface area contributed by atoms with Gasteiger partial charge in [-0.25, -0.2) is 0 Å². The summed E-state index contributed by atoms with van der Waals surface area (Å²) in [5, 5.41) is 5.75. The molecule has 1 atom stereocenters. The van der Waals surface area contributed by atoms with Crippen LogP contribution in [0, 0.1) is 5.92 Å². The van der Waals surface area contributed by atoms with Crippen LogP contribution in [0.2, 0.25) is 0 Å². The second-order valence-electron chi connectivity index (χ2n) is 11.1. The highest BCUT2D eigenvalue weighted by molar-refractivity contribution is 6.00. The van der Waals surface area contributed by atoms with Gasteiger partial charge in [0.1, 0.15) is 11.6 Å². The van der Waals surface area contributed by atoms with Gasteiger partial charge in [0, 0.05) is 26.2 Å². The number of benzene rings is 2. The fourth-order valence-electron chi connectivity index (χ4n) is 6.61. The van der Waals surface area contributed by atoms with Crippen LogP contribution in [0.4, 0.5) is 0 Å². The molecule has 0 bridgehead atoms. The predicted octanol–water partition coefficient (Wildman–Crippen LogP) is 5.27. The Balaban J connectivity index is 1.27. The molecule has 2 aromatic rings. The van der Waals surface area contributed by atoms with Crippen LogP contribution in [0.3, 0.4) is 0 Å². The van der Waals surface area contributed by atoms with Crippen LogP contribution >= 0.6 is 0 Å². The third-order valence-corrected chi connectivity index (χ3v) is 8.74. The van der Waals surface area contributed by atoms with Crippen LogP contribution in [-0.2, 0) is 16.1 Å². The number of carbonyl (C=O) groups excluding carboxylic acids is 2. The lowest BCUT2D eigenvalue weighted by molar-refractivity contribution is -0.162. The second kappa shape index (κ2) is 10.7. The molecular formula is C30H41N3O2. The van der Waals surface area contributed by atoms with Crippen molar-refractivity contribution in [3.8, 4) is 0 Å². The minimum absolute atomic E-state index is 0.0966. The summed E-state index contributed by atoms with van der Waals surface area (Å²) in [6.45, 7) is 5.42. The largest absolute Gasteiger partial charge is 0.342 e. The zero-order chi connectivity index (χ0) is 24.3. The molecule has 35 heavy (non-hydrogen) atoms. The Bertz CT molecular complexity index is 1040. The number of amides is 2. The minimum atomic E-state index is -0.671. The minimum Gasteiger partial charge on any atom is -0.342 e. The maximum absolute atomic E-state index is 13.7. The van der Waals surface area contributed by atoms with Crippen LogP contribution in [0.1, 0.15) is 76.7 Å². The van der Waals surface area contributed by atoms with E-state index in [1.54, 1.807) is 0 Å². The number of rotatable bonds is 7. The Morgan fingerprint density at radius 3 is 2.46 bits per heavy atom. The number of hydrogen-bond acceptors (Lipinski definition) is 3. The van der Waals surface area contributed by atoms with Crippen molar-refractivity contribution in [2.75, 3.05) is 19.6 Å². The molecule has 5 rings (SSSR count). The number of nitrogens with one attached hydrogen (secondary N) is 1. The van der Waals surface area contributed by atoms with E-state index in [-0.39, 0.29) is 17.9 Å². The topological polar surface area (TPSA) is 52.7 Å². The Morgan fingerprint density at radius 1 is 0.971 bits per heavy atom. The quantitative estimate of drug-likeness (QED) is 0.593. The van der Waals surface area contributed by atoms with Crippen LogP contribution in [0.5, 0.6) is 0 Å². The Hall–Kier alpha value is -2.40. The van der Waals surface area contributed by atoms with Crippen molar-refractivity contribution >= 4 is 22.6 Å². The number of carbonyl (C=O) groups is 2. The first-order valence-electron chi connectivity index (χ1n) is 13.9. The van der Waals surface area contributed by atoms with Crippen LogP contribution < -0.4 is 5.32 Å². The van der Waals surface area contributed by atoms with Gasteiger partial charge in [-0.05, 0) is 54.0 Å². The summed E-state index contributed by atoms with van der Waals surface area (Å²) < 4.78 is 0. The van der Waals surface area contributed by atoms with Crippen molar-refractivity contribution in [2.45, 2.75) is 89.3 Å². The van der Waals surface area contributed by atoms with Gasteiger partial charge in [0.05, 0.1) is 0 Å².